The van der Waals surface area contributed by atoms with E-state index in [2.05, 4.69) is 0 Å². The Kier molecular flexibility index (Phi) is 4.19. The second kappa shape index (κ2) is 5.57. The molecule has 0 unspecified atom stereocenters. The van der Waals surface area contributed by atoms with E-state index in [0.717, 1.165) is 31.0 Å². The number of nitrogens with zero attached hydrogens (tertiary/aromatic N) is 1. The molecular weight excluding hydrogens is 309 g/mol. The maximum Gasteiger partial charge on any atom is 0.261 e. The number of carbonyl (C=O) groups excluding carboxylic acids is 1. The first-order chi connectivity index (χ1) is 9.29. The molecule has 0 aromatic heterocycles. The van der Waals surface area contributed by atoms with Crippen molar-refractivity contribution in [3.8, 4) is 5.75 Å². The van der Waals surface area contributed by atoms with Crippen molar-refractivity contribution in [1.82, 2.24) is 4.90 Å². The van der Waals surface area contributed by atoms with Crippen molar-refractivity contribution in [3.05, 3.63) is 24.0 Å². The zero-order chi connectivity index (χ0) is 14.9. The average Bonchev–Trinajstić information content (AvgIpc) is 3.19. The number of amides is 1. The van der Waals surface area contributed by atoms with E-state index < -0.39 is 14.9 Å². The summed E-state index contributed by atoms with van der Waals surface area (Å²) in [6.45, 7) is -0.295. The smallest absolute Gasteiger partial charge is 0.261 e. The van der Waals surface area contributed by atoms with Crippen LogP contribution in [-0.2, 0) is 13.8 Å². The summed E-state index contributed by atoms with van der Waals surface area (Å²) < 4.78 is 40.8. The molecule has 1 saturated carbocycles. The van der Waals surface area contributed by atoms with Crippen molar-refractivity contribution in [2.24, 2.45) is 0 Å². The van der Waals surface area contributed by atoms with Crippen LogP contribution in [0.3, 0.4) is 0 Å². The zero-order valence-corrected chi connectivity index (χ0v) is 12.2. The predicted octanol–water partition coefficient (Wildman–Crippen LogP) is 1.75. The molecule has 1 aromatic rings. The maximum absolute atomic E-state index is 13.6. The van der Waals surface area contributed by atoms with Gasteiger partial charge in [0.1, 0.15) is 0 Å². The summed E-state index contributed by atoms with van der Waals surface area (Å²) in [4.78, 5) is 12.9. The van der Waals surface area contributed by atoms with Gasteiger partial charge in [-0.3, -0.25) is 4.79 Å². The fraction of sp³-hybridized carbons (Fsp3) is 0.417. The van der Waals surface area contributed by atoms with Crippen LogP contribution in [-0.4, -0.2) is 38.9 Å². The van der Waals surface area contributed by atoms with Crippen molar-refractivity contribution in [3.63, 3.8) is 0 Å². The standard InChI is InChI=1S/C12H13ClFNO4S/c1-15(8-2-3-8)12(16)7-19-11-5-4-9(6-10(11)14)20(13,17)18/h4-6,8H,2-3,7H2,1H3. The Morgan fingerprint density at radius 3 is 2.65 bits per heavy atom. The van der Waals surface area contributed by atoms with Gasteiger partial charge in [-0.1, -0.05) is 0 Å². The Morgan fingerprint density at radius 1 is 1.50 bits per heavy atom. The summed E-state index contributed by atoms with van der Waals surface area (Å²) in [6.07, 6.45) is 1.94. The quantitative estimate of drug-likeness (QED) is 0.775. The first kappa shape index (κ1) is 15.1. The van der Waals surface area contributed by atoms with Gasteiger partial charge < -0.3 is 9.64 Å². The van der Waals surface area contributed by atoms with Crippen LogP contribution in [0.15, 0.2) is 23.1 Å². The molecule has 1 aliphatic rings. The third-order valence-electron chi connectivity index (χ3n) is 3.02. The first-order valence-corrected chi connectivity index (χ1v) is 8.22. The van der Waals surface area contributed by atoms with Crippen LogP contribution < -0.4 is 4.74 Å². The van der Waals surface area contributed by atoms with Crippen molar-refractivity contribution in [2.75, 3.05) is 13.7 Å². The molecule has 0 bridgehead atoms. The van der Waals surface area contributed by atoms with E-state index in [9.17, 15) is 17.6 Å². The molecule has 0 N–H and O–H groups in total. The Hall–Kier alpha value is -1.34. The van der Waals surface area contributed by atoms with Crippen LogP contribution in [0.25, 0.3) is 0 Å². The Morgan fingerprint density at radius 2 is 2.15 bits per heavy atom. The van der Waals surface area contributed by atoms with Crippen LogP contribution in [0.5, 0.6) is 5.75 Å². The fourth-order valence-electron chi connectivity index (χ4n) is 1.66. The number of ether oxygens (including phenoxy) is 1. The van der Waals surface area contributed by atoms with Crippen LogP contribution in [0, 0.1) is 5.82 Å². The van der Waals surface area contributed by atoms with Crippen molar-refractivity contribution in [2.45, 2.75) is 23.8 Å². The fourth-order valence-corrected chi connectivity index (χ4v) is 2.42. The van der Waals surface area contributed by atoms with E-state index in [1.165, 1.54) is 0 Å². The average molecular weight is 322 g/mol. The Labute approximate surface area is 120 Å². The highest BCUT2D eigenvalue weighted by molar-refractivity contribution is 8.13. The molecule has 0 atom stereocenters. The lowest BCUT2D eigenvalue weighted by atomic mass is 10.3. The molecule has 8 heteroatoms. The van der Waals surface area contributed by atoms with Crippen LogP contribution in [0.4, 0.5) is 4.39 Å². The van der Waals surface area contributed by atoms with Gasteiger partial charge in [-0.2, -0.15) is 0 Å². The molecule has 0 heterocycles. The highest BCUT2D eigenvalue weighted by atomic mass is 35.7. The highest BCUT2D eigenvalue weighted by Gasteiger charge is 2.29. The van der Waals surface area contributed by atoms with Crippen LogP contribution in [0.2, 0.25) is 0 Å². The largest absolute Gasteiger partial charge is 0.481 e. The summed E-state index contributed by atoms with van der Waals surface area (Å²) in [5, 5.41) is 0. The van der Waals surface area contributed by atoms with E-state index in [0.29, 0.717) is 0 Å². The second-order valence-electron chi connectivity index (χ2n) is 4.55. The summed E-state index contributed by atoms with van der Waals surface area (Å²) in [5.41, 5.74) is 0. The van der Waals surface area contributed by atoms with Crippen molar-refractivity contribution in [1.29, 1.82) is 0 Å². The highest BCUT2D eigenvalue weighted by Crippen LogP contribution is 2.26. The summed E-state index contributed by atoms with van der Waals surface area (Å²) in [7, 11) is 2.78. The molecule has 5 nitrogen and oxygen atoms in total. The lowest BCUT2D eigenvalue weighted by Crippen LogP contribution is -2.33. The van der Waals surface area contributed by atoms with Gasteiger partial charge in [-0.25, -0.2) is 12.8 Å². The van der Waals surface area contributed by atoms with Gasteiger partial charge in [0.25, 0.3) is 15.0 Å². The van der Waals surface area contributed by atoms with Crippen LogP contribution in [0.1, 0.15) is 12.8 Å². The van der Waals surface area contributed by atoms with Gasteiger partial charge in [0, 0.05) is 23.8 Å². The van der Waals surface area contributed by atoms with Gasteiger partial charge in [0.2, 0.25) is 0 Å². The number of hydrogen-bond acceptors (Lipinski definition) is 4. The summed E-state index contributed by atoms with van der Waals surface area (Å²) in [6, 6.07) is 3.26. The molecule has 2 rings (SSSR count). The minimum atomic E-state index is -3.99. The van der Waals surface area contributed by atoms with E-state index in [-0.39, 0.29) is 29.2 Å². The molecule has 1 fully saturated rings. The molecule has 1 aliphatic carbocycles. The number of rotatable bonds is 5. The Bertz CT molecular complexity index is 630. The first-order valence-electron chi connectivity index (χ1n) is 5.91. The topological polar surface area (TPSA) is 63.7 Å². The van der Waals surface area contributed by atoms with E-state index in [1.807, 2.05) is 0 Å². The Balaban J connectivity index is 2.01. The molecule has 110 valence electrons. The van der Waals surface area contributed by atoms with Gasteiger partial charge in [0.15, 0.2) is 18.2 Å². The number of likely N-dealkylation sites (N-methyl/N-ethyl adjacent to an activating group) is 1. The van der Waals surface area contributed by atoms with Gasteiger partial charge in [0.05, 0.1) is 4.90 Å². The van der Waals surface area contributed by atoms with E-state index in [1.54, 1.807) is 11.9 Å². The molecule has 0 saturated heterocycles. The second-order valence-corrected chi connectivity index (χ2v) is 7.12. The minimum absolute atomic E-state index is 0.188. The molecule has 20 heavy (non-hydrogen) atoms. The number of halogens is 2. The van der Waals surface area contributed by atoms with Crippen molar-refractivity contribution < 1.29 is 22.3 Å². The zero-order valence-electron chi connectivity index (χ0n) is 10.7. The summed E-state index contributed by atoms with van der Waals surface area (Å²) >= 11 is 0. The van der Waals surface area contributed by atoms with Gasteiger partial charge in [-0.15, -0.1) is 0 Å². The van der Waals surface area contributed by atoms with Crippen molar-refractivity contribution >= 4 is 25.6 Å². The lowest BCUT2D eigenvalue weighted by Gasteiger charge is -2.16. The normalized spacial score (nSPS) is 14.9. The minimum Gasteiger partial charge on any atom is -0.481 e. The number of benzene rings is 1. The third-order valence-corrected chi connectivity index (χ3v) is 4.38. The molecule has 1 aromatic carbocycles. The SMILES string of the molecule is CN(C(=O)COc1ccc(S(=O)(=O)Cl)cc1F)C1CC1. The number of carbonyl (C=O) groups is 1. The van der Waals surface area contributed by atoms with Crippen LogP contribution >= 0.6 is 10.7 Å². The monoisotopic (exact) mass is 321 g/mol. The van der Waals surface area contributed by atoms with Gasteiger partial charge in [-0.05, 0) is 31.0 Å². The van der Waals surface area contributed by atoms with Gasteiger partial charge >= 0.3 is 0 Å². The lowest BCUT2D eigenvalue weighted by molar-refractivity contribution is -0.132. The molecule has 0 spiro atoms. The maximum atomic E-state index is 13.6. The molecular formula is C12H13ClFNO4S. The number of hydrogen-bond donors (Lipinski definition) is 0. The summed E-state index contributed by atoms with van der Waals surface area (Å²) in [5.74, 6) is -1.32. The predicted molar refractivity (Wildman–Crippen MR) is 70.7 cm³/mol. The third kappa shape index (κ3) is 3.61. The molecule has 0 aliphatic heterocycles. The van der Waals surface area contributed by atoms with E-state index >= 15 is 0 Å². The van der Waals surface area contributed by atoms with E-state index in [4.69, 9.17) is 15.4 Å². The molecule has 0 radical (unpaired) electrons. The molecule has 1 amide bonds.